The number of halogens is 2. The molecule has 2 atom stereocenters. The molecule has 2 unspecified atom stereocenters. The Hall–Kier alpha value is -1.34. The fraction of sp³-hybridized carbons (Fsp3) is 0.385. The van der Waals surface area contributed by atoms with Gasteiger partial charge in [0, 0.05) is 11.6 Å². The molecule has 4 N–H and O–H groups in total. The molecule has 0 radical (unpaired) electrons. The normalized spacial score (nSPS) is 13.5. The molecule has 1 rings (SSSR count). The van der Waals surface area contributed by atoms with Crippen LogP contribution in [0.5, 0.6) is 0 Å². The summed E-state index contributed by atoms with van der Waals surface area (Å²) in [4.78, 5) is 22.9. The molecule has 0 spiro atoms. The molecule has 0 saturated carbocycles. The smallest absolute Gasteiger partial charge is 0.321 e. The molecule has 1 amide bonds. The van der Waals surface area contributed by atoms with E-state index in [1.54, 1.807) is 6.07 Å². The summed E-state index contributed by atoms with van der Waals surface area (Å²) in [6.07, 6.45) is -0.998. The second kappa shape index (κ2) is 8.19. The zero-order chi connectivity index (χ0) is 16.0. The van der Waals surface area contributed by atoms with E-state index >= 15 is 0 Å². The number of hydrogen-bond donors (Lipinski definition) is 4. The molecule has 1 aromatic rings. The predicted octanol–water partition coefficient (Wildman–Crippen LogP) is 1.75. The zero-order valence-electron chi connectivity index (χ0n) is 11.3. The molecule has 6 nitrogen and oxygen atoms in total. The fourth-order valence-electron chi connectivity index (χ4n) is 1.54. The molecule has 1 aromatic carbocycles. The summed E-state index contributed by atoms with van der Waals surface area (Å²) < 4.78 is 0. The van der Waals surface area contributed by atoms with Crippen LogP contribution in [0.1, 0.15) is 13.3 Å². The summed E-state index contributed by atoms with van der Waals surface area (Å²) >= 11 is 11.7. The number of carbonyl (C=O) groups excluding carboxylic acids is 1. The van der Waals surface area contributed by atoms with Gasteiger partial charge in [0.05, 0.1) is 23.2 Å². The third-order valence-electron chi connectivity index (χ3n) is 2.55. The van der Waals surface area contributed by atoms with Crippen molar-refractivity contribution in [3.63, 3.8) is 0 Å². The van der Waals surface area contributed by atoms with Crippen LogP contribution in [-0.2, 0) is 9.59 Å². The van der Waals surface area contributed by atoms with Gasteiger partial charge in [-0.15, -0.1) is 0 Å². The minimum Gasteiger partial charge on any atom is -0.480 e. The number of amides is 1. The summed E-state index contributed by atoms with van der Waals surface area (Å²) in [6, 6.07) is 3.47. The third kappa shape index (κ3) is 6.31. The Morgan fingerprint density at radius 3 is 2.52 bits per heavy atom. The van der Waals surface area contributed by atoms with Gasteiger partial charge in [0.25, 0.3) is 0 Å². The summed E-state index contributed by atoms with van der Waals surface area (Å²) in [5.74, 6) is -1.68. The average molecular weight is 335 g/mol. The molecule has 0 aliphatic heterocycles. The maximum absolute atomic E-state index is 11.8. The Morgan fingerprint density at radius 2 is 2.00 bits per heavy atom. The number of rotatable bonds is 7. The number of carbonyl (C=O) groups is 2. The molecule has 0 fully saturated rings. The van der Waals surface area contributed by atoms with Gasteiger partial charge in [-0.05, 0) is 25.1 Å². The third-order valence-corrected chi connectivity index (χ3v) is 3.10. The first kappa shape index (κ1) is 17.7. The number of anilines is 1. The largest absolute Gasteiger partial charge is 0.480 e. The molecule has 0 bridgehead atoms. The van der Waals surface area contributed by atoms with Crippen molar-refractivity contribution in [1.29, 1.82) is 0 Å². The Morgan fingerprint density at radius 1 is 1.33 bits per heavy atom. The van der Waals surface area contributed by atoms with Crippen molar-refractivity contribution in [1.82, 2.24) is 5.32 Å². The van der Waals surface area contributed by atoms with E-state index in [-0.39, 0.29) is 18.0 Å². The maximum atomic E-state index is 11.8. The van der Waals surface area contributed by atoms with Crippen molar-refractivity contribution in [2.24, 2.45) is 0 Å². The van der Waals surface area contributed by atoms with Gasteiger partial charge in [-0.3, -0.25) is 9.59 Å². The zero-order valence-corrected chi connectivity index (χ0v) is 12.8. The lowest BCUT2D eigenvalue weighted by molar-refractivity contribution is -0.141. The first-order valence-electron chi connectivity index (χ1n) is 6.18. The van der Waals surface area contributed by atoms with Crippen LogP contribution >= 0.6 is 23.2 Å². The number of nitrogens with one attached hydrogen (secondary N) is 2. The molecular weight excluding hydrogens is 319 g/mol. The lowest BCUT2D eigenvalue weighted by atomic mass is 10.2. The Labute approximate surface area is 132 Å². The van der Waals surface area contributed by atoms with E-state index in [1.165, 1.54) is 19.1 Å². The molecular formula is C13H16Cl2N2O4. The van der Waals surface area contributed by atoms with Crippen LogP contribution in [0.4, 0.5) is 5.69 Å². The molecule has 0 aliphatic carbocycles. The van der Waals surface area contributed by atoms with E-state index < -0.39 is 24.0 Å². The van der Waals surface area contributed by atoms with E-state index in [0.29, 0.717) is 10.7 Å². The molecule has 8 heteroatoms. The molecule has 0 heterocycles. The molecule has 0 saturated heterocycles. The SMILES string of the molecule is CC(O)CNC(CC(=O)Nc1ccc(Cl)cc1Cl)C(=O)O. The van der Waals surface area contributed by atoms with Gasteiger partial charge < -0.3 is 20.8 Å². The number of hydrogen-bond acceptors (Lipinski definition) is 4. The van der Waals surface area contributed by atoms with Crippen LogP contribution < -0.4 is 10.6 Å². The number of aliphatic hydroxyl groups is 1. The number of aliphatic carboxylic acids is 1. The maximum Gasteiger partial charge on any atom is 0.321 e. The van der Waals surface area contributed by atoms with Crippen LogP contribution in [-0.4, -0.2) is 40.8 Å². The number of carboxylic acid groups (broad SMARTS) is 1. The predicted molar refractivity (Wildman–Crippen MR) is 80.8 cm³/mol. The highest BCUT2D eigenvalue weighted by atomic mass is 35.5. The van der Waals surface area contributed by atoms with Crippen molar-refractivity contribution in [2.45, 2.75) is 25.5 Å². The molecule has 21 heavy (non-hydrogen) atoms. The van der Waals surface area contributed by atoms with Gasteiger partial charge in [-0.1, -0.05) is 23.2 Å². The van der Waals surface area contributed by atoms with Crippen molar-refractivity contribution in [3.05, 3.63) is 28.2 Å². The number of carboxylic acids is 1. The van der Waals surface area contributed by atoms with E-state index in [0.717, 1.165) is 0 Å². The van der Waals surface area contributed by atoms with Gasteiger partial charge in [-0.2, -0.15) is 0 Å². The van der Waals surface area contributed by atoms with Gasteiger partial charge in [0.2, 0.25) is 5.91 Å². The summed E-state index contributed by atoms with van der Waals surface area (Å²) in [5, 5.41) is 24.0. The second-order valence-electron chi connectivity index (χ2n) is 4.52. The monoisotopic (exact) mass is 334 g/mol. The number of aliphatic hydroxyl groups excluding tert-OH is 1. The Balaban J connectivity index is 2.63. The summed E-state index contributed by atoms with van der Waals surface area (Å²) in [5.41, 5.74) is 0.353. The second-order valence-corrected chi connectivity index (χ2v) is 5.37. The topological polar surface area (TPSA) is 98.7 Å². The standard InChI is InChI=1S/C13H16Cl2N2O4/c1-7(18)6-16-11(13(20)21)5-12(19)17-10-3-2-8(14)4-9(10)15/h2-4,7,11,16,18H,5-6H2,1H3,(H,17,19)(H,20,21). The first-order valence-corrected chi connectivity index (χ1v) is 6.94. The van der Waals surface area contributed by atoms with Crippen LogP contribution in [0.15, 0.2) is 18.2 Å². The van der Waals surface area contributed by atoms with E-state index in [1.807, 2.05) is 0 Å². The average Bonchev–Trinajstić information content (AvgIpc) is 2.37. The summed E-state index contributed by atoms with van der Waals surface area (Å²) in [7, 11) is 0. The highest BCUT2D eigenvalue weighted by molar-refractivity contribution is 6.36. The highest BCUT2D eigenvalue weighted by Crippen LogP contribution is 2.25. The van der Waals surface area contributed by atoms with E-state index in [4.69, 9.17) is 33.4 Å². The summed E-state index contributed by atoms with van der Waals surface area (Å²) in [6.45, 7) is 1.59. The molecule has 0 aliphatic rings. The van der Waals surface area contributed by atoms with Crippen LogP contribution in [0.25, 0.3) is 0 Å². The van der Waals surface area contributed by atoms with Crippen LogP contribution in [0.3, 0.4) is 0 Å². The van der Waals surface area contributed by atoms with Gasteiger partial charge in [0.1, 0.15) is 6.04 Å². The number of benzene rings is 1. The van der Waals surface area contributed by atoms with Gasteiger partial charge in [0.15, 0.2) is 0 Å². The van der Waals surface area contributed by atoms with E-state index in [9.17, 15) is 9.59 Å². The van der Waals surface area contributed by atoms with Crippen molar-refractivity contribution < 1.29 is 19.8 Å². The van der Waals surface area contributed by atoms with Crippen molar-refractivity contribution >= 4 is 40.8 Å². The van der Waals surface area contributed by atoms with Crippen LogP contribution in [0.2, 0.25) is 10.0 Å². The Kier molecular flexibility index (Phi) is 6.91. The quantitative estimate of drug-likeness (QED) is 0.608. The molecule has 116 valence electrons. The fourth-order valence-corrected chi connectivity index (χ4v) is 1.99. The van der Waals surface area contributed by atoms with E-state index in [2.05, 4.69) is 10.6 Å². The minimum atomic E-state index is -1.17. The lowest BCUT2D eigenvalue weighted by Crippen LogP contribution is -2.42. The van der Waals surface area contributed by atoms with Crippen LogP contribution in [0, 0.1) is 0 Å². The Bertz CT molecular complexity index is 523. The lowest BCUT2D eigenvalue weighted by Gasteiger charge is -2.15. The minimum absolute atomic E-state index is 0.0753. The van der Waals surface area contributed by atoms with Gasteiger partial charge >= 0.3 is 5.97 Å². The van der Waals surface area contributed by atoms with Gasteiger partial charge in [-0.25, -0.2) is 0 Å². The first-order chi connectivity index (χ1) is 9.79. The van der Waals surface area contributed by atoms with Crippen molar-refractivity contribution in [3.8, 4) is 0 Å². The molecule has 0 aromatic heterocycles. The van der Waals surface area contributed by atoms with Crippen molar-refractivity contribution in [2.75, 3.05) is 11.9 Å². The highest BCUT2D eigenvalue weighted by Gasteiger charge is 2.21.